The predicted octanol–water partition coefficient (Wildman–Crippen LogP) is 3.51. The van der Waals surface area contributed by atoms with E-state index in [-0.39, 0.29) is 12.4 Å². The van der Waals surface area contributed by atoms with Crippen molar-refractivity contribution in [2.24, 2.45) is 0 Å². The van der Waals surface area contributed by atoms with Crippen LogP contribution in [-0.2, 0) is 6.54 Å². The first kappa shape index (κ1) is 15.4. The van der Waals surface area contributed by atoms with Crippen molar-refractivity contribution >= 4 is 18.1 Å². The van der Waals surface area contributed by atoms with Crippen molar-refractivity contribution in [1.29, 1.82) is 0 Å². The van der Waals surface area contributed by atoms with E-state index in [4.69, 9.17) is 4.74 Å². The number of hydrogen-bond donors (Lipinski definition) is 1. The molecule has 0 aliphatic carbocycles. The summed E-state index contributed by atoms with van der Waals surface area (Å²) in [6.07, 6.45) is 3.87. The first-order valence-electron chi connectivity index (χ1n) is 6.10. The minimum Gasteiger partial charge on any atom is -0.497 e. The van der Waals surface area contributed by atoms with Crippen LogP contribution in [-0.4, -0.2) is 16.9 Å². The molecule has 0 saturated heterocycles. The molecule has 0 unspecified atom stereocenters. The van der Waals surface area contributed by atoms with Crippen molar-refractivity contribution in [2.75, 3.05) is 12.4 Å². The van der Waals surface area contributed by atoms with E-state index in [1.54, 1.807) is 7.11 Å². The fraction of sp³-hybridized carbons (Fsp3) is 0.357. The lowest BCUT2D eigenvalue weighted by atomic mass is 10.2. The molecule has 4 nitrogen and oxygen atoms in total. The number of aromatic nitrogens is 2. The van der Waals surface area contributed by atoms with Crippen LogP contribution in [0.2, 0.25) is 0 Å². The number of nitrogens with one attached hydrogen (secondary N) is 1. The zero-order valence-electron chi connectivity index (χ0n) is 11.5. The molecule has 0 saturated carbocycles. The Morgan fingerprint density at radius 3 is 2.79 bits per heavy atom. The van der Waals surface area contributed by atoms with Crippen LogP contribution in [0.15, 0.2) is 36.7 Å². The van der Waals surface area contributed by atoms with Gasteiger partial charge >= 0.3 is 0 Å². The third-order valence-corrected chi connectivity index (χ3v) is 2.76. The van der Waals surface area contributed by atoms with Gasteiger partial charge in [0.15, 0.2) is 0 Å². The van der Waals surface area contributed by atoms with Gasteiger partial charge in [0.2, 0.25) is 0 Å². The SMILES string of the molecule is COc1cccc(CNc2cnn(C(C)C)c2)c1.Cl. The van der Waals surface area contributed by atoms with Gasteiger partial charge in [-0.2, -0.15) is 5.10 Å². The Hall–Kier alpha value is -1.68. The number of ether oxygens (including phenoxy) is 1. The zero-order chi connectivity index (χ0) is 13.0. The van der Waals surface area contributed by atoms with Gasteiger partial charge in [-0.05, 0) is 31.5 Å². The largest absolute Gasteiger partial charge is 0.497 e. The quantitative estimate of drug-likeness (QED) is 0.912. The second-order valence-electron chi connectivity index (χ2n) is 4.51. The van der Waals surface area contributed by atoms with Gasteiger partial charge < -0.3 is 10.1 Å². The normalized spacial score (nSPS) is 10.1. The summed E-state index contributed by atoms with van der Waals surface area (Å²) in [4.78, 5) is 0. The first-order chi connectivity index (χ1) is 8.69. The number of nitrogens with zero attached hydrogens (tertiary/aromatic N) is 2. The molecule has 0 fully saturated rings. The second-order valence-corrected chi connectivity index (χ2v) is 4.51. The molecular weight excluding hydrogens is 262 g/mol. The standard InChI is InChI=1S/C14H19N3O.ClH/c1-11(2)17-10-13(9-16-17)15-8-12-5-4-6-14(7-12)18-3;/h4-7,9-11,15H,8H2,1-3H3;1H. The van der Waals surface area contributed by atoms with Gasteiger partial charge in [-0.1, -0.05) is 12.1 Å². The molecule has 0 spiro atoms. The van der Waals surface area contributed by atoms with Crippen LogP contribution in [0.5, 0.6) is 5.75 Å². The molecule has 0 atom stereocenters. The van der Waals surface area contributed by atoms with Crippen molar-refractivity contribution in [3.05, 3.63) is 42.2 Å². The summed E-state index contributed by atoms with van der Waals surface area (Å²) in [6, 6.07) is 8.42. The highest BCUT2D eigenvalue weighted by atomic mass is 35.5. The molecule has 1 aromatic carbocycles. The van der Waals surface area contributed by atoms with E-state index in [0.29, 0.717) is 6.04 Å². The Bertz CT molecular complexity index is 511. The van der Waals surface area contributed by atoms with Gasteiger partial charge in [-0.3, -0.25) is 4.68 Å². The van der Waals surface area contributed by atoms with Crippen molar-refractivity contribution in [3.63, 3.8) is 0 Å². The maximum atomic E-state index is 5.20. The maximum absolute atomic E-state index is 5.20. The van der Waals surface area contributed by atoms with Gasteiger partial charge in [0, 0.05) is 18.8 Å². The van der Waals surface area contributed by atoms with Gasteiger partial charge in [-0.15, -0.1) is 12.4 Å². The number of rotatable bonds is 5. The monoisotopic (exact) mass is 281 g/mol. The molecule has 2 aromatic rings. The lowest BCUT2D eigenvalue weighted by Gasteiger charge is -2.06. The van der Waals surface area contributed by atoms with Crippen LogP contribution in [0.4, 0.5) is 5.69 Å². The van der Waals surface area contributed by atoms with E-state index >= 15 is 0 Å². The molecule has 0 amide bonds. The van der Waals surface area contributed by atoms with Crippen molar-refractivity contribution in [2.45, 2.75) is 26.4 Å². The summed E-state index contributed by atoms with van der Waals surface area (Å²) < 4.78 is 7.14. The molecule has 0 radical (unpaired) electrons. The van der Waals surface area contributed by atoms with Crippen LogP contribution in [0.3, 0.4) is 0 Å². The molecule has 1 aromatic heterocycles. The van der Waals surface area contributed by atoms with E-state index in [2.05, 4.69) is 30.3 Å². The lowest BCUT2D eigenvalue weighted by molar-refractivity contribution is 0.414. The minimum atomic E-state index is 0. The number of anilines is 1. The van der Waals surface area contributed by atoms with Crippen LogP contribution >= 0.6 is 12.4 Å². The average molecular weight is 282 g/mol. The second kappa shape index (κ2) is 7.04. The van der Waals surface area contributed by atoms with Crippen LogP contribution in [0.25, 0.3) is 0 Å². The highest BCUT2D eigenvalue weighted by Crippen LogP contribution is 2.15. The third-order valence-electron chi connectivity index (χ3n) is 2.76. The Kier molecular flexibility index (Phi) is 5.70. The number of hydrogen-bond acceptors (Lipinski definition) is 3. The van der Waals surface area contributed by atoms with Crippen molar-refractivity contribution in [1.82, 2.24) is 9.78 Å². The summed E-state index contributed by atoms with van der Waals surface area (Å²) in [5.41, 5.74) is 2.22. The van der Waals surface area contributed by atoms with E-state index in [1.165, 1.54) is 5.56 Å². The number of halogens is 1. The Balaban J connectivity index is 0.00000180. The molecule has 5 heteroatoms. The third kappa shape index (κ3) is 4.17. The summed E-state index contributed by atoms with van der Waals surface area (Å²) >= 11 is 0. The van der Waals surface area contributed by atoms with Crippen molar-refractivity contribution in [3.8, 4) is 5.75 Å². The fourth-order valence-corrected chi connectivity index (χ4v) is 1.70. The Labute approximate surface area is 120 Å². The lowest BCUT2D eigenvalue weighted by Crippen LogP contribution is -2.01. The zero-order valence-corrected chi connectivity index (χ0v) is 12.3. The fourth-order valence-electron chi connectivity index (χ4n) is 1.70. The molecule has 0 aliphatic rings. The van der Waals surface area contributed by atoms with Crippen molar-refractivity contribution < 1.29 is 4.74 Å². The topological polar surface area (TPSA) is 39.1 Å². The molecule has 1 heterocycles. The van der Waals surface area contributed by atoms with E-state index in [0.717, 1.165) is 18.0 Å². The Morgan fingerprint density at radius 2 is 2.16 bits per heavy atom. The molecular formula is C14H20ClN3O. The highest BCUT2D eigenvalue weighted by Gasteiger charge is 2.01. The van der Waals surface area contributed by atoms with Gasteiger partial charge in [0.25, 0.3) is 0 Å². The molecule has 0 bridgehead atoms. The minimum absolute atomic E-state index is 0. The predicted molar refractivity (Wildman–Crippen MR) is 80.2 cm³/mol. The molecule has 1 N–H and O–H groups in total. The van der Waals surface area contributed by atoms with Crippen LogP contribution in [0, 0.1) is 0 Å². The van der Waals surface area contributed by atoms with E-state index in [9.17, 15) is 0 Å². The van der Waals surface area contributed by atoms with Gasteiger partial charge in [0.05, 0.1) is 19.0 Å². The summed E-state index contributed by atoms with van der Waals surface area (Å²) in [5, 5.41) is 7.64. The molecule has 0 aliphatic heterocycles. The maximum Gasteiger partial charge on any atom is 0.119 e. The van der Waals surface area contributed by atoms with Crippen LogP contribution < -0.4 is 10.1 Å². The highest BCUT2D eigenvalue weighted by molar-refractivity contribution is 5.85. The number of methoxy groups -OCH3 is 1. The first-order valence-corrected chi connectivity index (χ1v) is 6.10. The molecule has 19 heavy (non-hydrogen) atoms. The summed E-state index contributed by atoms with van der Waals surface area (Å²) in [5.74, 6) is 0.882. The smallest absolute Gasteiger partial charge is 0.119 e. The van der Waals surface area contributed by atoms with Crippen LogP contribution in [0.1, 0.15) is 25.5 Å². The van der Waals surface area contributed by atoms with E-state index < -0.39 is 0 Å². The summed E-state index contributed by atoms with van der Waals surface area (Å²) in [7, 11) is 1.68. The van der Waals surface area contributed by atoms with Gasteiger partial charge in [-0.25, -0.2) is 0 Å². The number of benzene rings is 1. The Morgan fingerprint density at radius 1 is 1.37 bits per heavy atom. The molecule has 104 valence electrons. The summed E-state index contributed by atoms with van der Waals surface area (Å²) in [6.45, 7) is 4.98. The average Bonchev–Trinajstić information content (AvgIpc) is 2.85. The molecule has 2 rings (SSSR count). The van der Waals surface area contributed by atoms with Gasteiger partial charge in [0.1, 0.15) is 5.75 Å². The van der Waals surface area contributed by atoms with E-state index in [1.807, 2.05) is 35.3 Å².